The van der Waals surface area contributed by atoms with E-state index in [1.165, 1.54) is 38.5 Å². The molecule has 0 rings (SSSR count). The molecule has 0 aromatic heterocycles. The van der Waals surface area contributed by atoms with E-state index in [2.05, 4.69) is 19.1 Å². The second-order valence-corrected chi connectivity index (χ2v) is 6.18. The van der Waals surface area contributed by atoms with E-state index in [-0.39, 0.29) is 0 Å². The van der Waals surface area contributed by atoms with E-state index in [0.717, 1.165) is 65.0 Å². The van der Waals surface area contributed by atoms with Crippen LogP contribution < -0.4 is 0 Å². The van der Waals surface area contributed by atoms with Crippen LogP contribution in [0.4, 0.5) is 0 Å². The van der Waals surface area contributed by atoms with Gasteiger partial charge in [0.25, 0.3) is 0 Å². The number of ether oxygens (including phenoxy) is 2. The van der Waals surface area contributed by atoms with Crippen LogP contribution in [0.15, 0.2) is 12.2 Å². The summed E-state index contributed by atoms with van der Waals surface area (Å²) in [4.78, 5) is 0. The third-order valence-corrected chi connectivity index (χ3v) is 3.82. The van der Waals surface area contributed by atoms with Gasteiger partial charge in [0, 0.05) is 33.0 Å². The van der Waals surface area contributed by atoms with Crippen molar-refractivity contribution in [3.05, 3.63) is 12.2 Å². The lowest BCUT2D eigenvalue weighted by Gasteiger charge is -2.05. The molecule has 23 heavy (non-hydrogen) atoms. The van der Waals surface area contributed by atoms with Gasteiger partial charge in [0.05, 0.1) is 0 Å². The van der Waals surface area contributed by atoms with E-state index in [1.807, 2.05) is 0 Å². The summed E-state index contributed by atoms with van der Waals surface area (Å²) in [6.07, 6.45) is 18.7. The smallest absolute Gasteiger partial charge is 0.0487 e. The zero-order chi connectivity index (χ0) is 16.8. The highest BCUT2D eigenvalue weighted by Crippen LogP contribution is 2.03. The molecule has 0 aliphatic carbocycles. The van der Waals surface area contributed by atoms with Crippen molar-refractivity contribution in [1.82, 2.24) is 0 Å². The Bertz CT molecular complexity index is 229. The van der Waals surface area contributed by atoms with Crippen molar-refractivity contribution >= 4 is 0 Å². The van der Waals surface area contributed by atoms with Crippen LogP contribution in [0, 0.1) is 0 Å². The van der Waals surface area contributed by atoms with Crippen molar-refractivity contribution in [2.24, 2.45) is 0 Å². The summed E-state index contributed by atoms with van der Waals surface area (Å²) >= 11 is 0. The minimum atomic E-state index is 0.325. The Hall–Kier alpha value is -0.380. The van der Waals surface area contributed by atoms with E-state index in [0.29, 0.717) is 6.61 Å². The fourth-order valence-corrected chi connectivity index (χ4v) is 2.36. The lowest BCUT2D eigenvalue weighted by Crippen LogP contribution is -2.03. The summed E-state index contributed by atoms with van der Waals surface area (Å²) in [7, 11) is 0. The van der Waals surface area contributed by atoms with Crippen molar-refractivity contribution in [1.29, 1.82) is 0 Å². The minimum Gasteiger partial charge on any atom is -0.396 e. The van der Waals surface area contributed by atoms with E-state index in [4.69, 9.17) is 14.6 Å². The van der Waals surface area contributed by atoms with Gasteiger partial charge >= 0.3 is 0 Å². The van der Waals surface area contributed by atoms with Gasteiger partial charge in [0.1, 0.15) is 0 Å². The zero-order valence-electron chi connectivity index (χ0n) is 15.4. The van der Waals surface area contributed by atoms with E-state index < -0.39 is 0 Å². The summed E-state index contributed by atoms with van der Waals surface area (Å²) in [5.74, 6) is 0. The van der Waals surface area contributed by atoms with Gasteiger partial charge < -0.3 is 14.6 Å². The standard InChI is InChI=1S/C20H40O3/c1-2-3-4-5-6-7-10-13-17-22-19-15-20-23-18-14-11-8-9-12-16-21/h6-7,21H,2-5,8-20H2,1H3/b7-6-. The van der Waals surface area contributed by atoms with Crippen LogP contribution >= 0.6 is 0 Å². The van der Waals surface area contributed by atoms with Crippen LogP contribution in [0.5, 0.6) is 0 Å². The largest absolute Gasteiger partial charge is 0.396 e. The zero-order valence-corrected chi connectivity index (χ0v) is 15.4. The van der Waals surface area contributed by atoms with Crippen molar-refractivity contribution < 1.29 is 14.6 Å². The maximum Gasteiger partial charge on any atom is 0.0487 e. The first-order valence-corrected chi connectivity index (χ1v) is 9.83. The predicted molar refractivity (Wildman–Crippen MR) is 98.9 cm³/mol. The predicted octanol–water partition coefficient (Wildman–Crippen LogP) is 5.27. The molecule has 3 nitrogen and oxygen atoms in total. The average Bonchev–Trinajstić information content (AvgIpc) is 2.57. The third kappa shape index (κ3) is 21.6. The molecule has 0 atom stereocenters. The normalized spacial score (nSPS) is 11.6. The van der Waals surface area contributed by atoms with Gasteiger partial charge in [-0.25, -0.2) is 0 Å². The maximum atomic E-state index is 8.67. The fourth-order valence-electron chi connectivity index (χ4n) is 2.36. The molecule has 0 spiro atoms. The van der Waals surface area contributed by atoms with Crippen LogP contribution in [0.1, 0.15) is 84.0 Å². The Kier molecular flexibility index (Phi) is 21.3. The Morgan fingerprint density at radius 3 is 1.87 bits per heavy atom. The van der Waals surface area contributed by atoms with E-state index in [9.17, 15) is 0 Å². The molecule has 0 unspecified atom stereocenters. The van der Waals surface area contributed by atoms with Gasteiger partial charge in [0.2, 0.25) is 0 Å². The van der Waals surface area contributed by atoms with Gasteiger partial charge in [-0.15, -0.1) is 0 Å². The quantitative estimate of drug-likeness (QED) is 0.259. The molecule has 0 bridgehead atoms. The van der Waals surface area contributed by atoms with Gasteiger partial charge in [0.15, 0.2) is 0 Å². The number of aliphatic hydroxyl groups excluding tert-OH is 1. The van der Waals surface area contributed by atoms with Crippen molar-refractivity contribution in [3.8, 4) is 0 Å². The molecule has 0 heterocycles. The molecule has 3 heteroatoms. The average molecular weight is 329 g/mol. The number of hydrogen-bond acceptors (Lipinski definition) is 3. The number of aliphatic hydroxyl groups is 1. The van der Waals surface area contributed by atoms with Crippen LogP contribution in [0.2, 0.25) is 0 Å². The number of allylic oxidation sites excluding steroid dienone is 2. The van der Waals surface area contributed by atoms with Crippen molar-refractivity contribution in [2.75, 3.05) is 33.0 Å². The monoisotopic (exact) mass is 328 g/mol. The molecule has 0 saturated carbocycles. The number of unbranched alkanes of at least 4 members (excludes halogenated alkanes) is 8. The summed E-state index contributed by atoms with van der Waals surface area (Å²) in [6.45, 7) is 5.93. The van der Waals surface area contributed by atoms with Crippen LogP contribution in [0.3, 0.4) is 0 Å². The molecule has 1 N–H and O–H groups in total. The van der Waals surface area contributed by atoms with E-state index >= 15 is 0 Å². The molecule has 0 aromatic rings. The van der Waals surface area contributed by atoms with E-state index in [1.54, 1.807) is 0 Å². The first-order valence-electron chi connectivity index (χ1n) is 9.83. The van der Waals surface area contributed by atoms with Crippen LogP contribution in [-0.2, 0) is 9.47 Å². The highest BCUT2D eigenvalue weighted by molar-refractivity contribution is 4.81. The third-order valence-electron chi connectivity index (χ3n) is 3.82. The Labute approximate surface area is 144 Å². The summed E-state index contributed by atoms with van der Waals surface area (Å²) < 4.78 is 11.2. The molecule has 0 saturated heterocycles. The maximum absolute atomic E-state index is 8.67. The van der Waals surface area contributed by atoms with Crippen molar-refractivity contribution in [2.45, 2.75) is 84.0 Å². The van der Waals surface area contributed by atoms with Gasteiger partial charge in [-0.05, 0) is 44.9 Å². The second-order valence-electron chi connectivity index (χ2n) is 6.18. The molecular weight excluding hydrogens is 288 g/mol. The second kappa shape index (κ2) is 21.6. The fraction of sp³-hybridized carbons (Fsp3) is 0.900. The highest BCUT2D eigenvalue weighted by Gasteiger charge is 1.93. The van der Waals surface area contributed by atoms with Crippen LogP contribution in [0.25, 0.3) is 0 Å². The summed E-state index contributed by atoms with van der Waals surface area (Å²) in [5.41, 5.74) is 0. The molecule has 0 fully saturated rings. The molecule has 0 amide bonds. The molecule has 0 aromatic carbocycles. The molecule has 0 aliphatic heterocycles. The van der Waals surface area contributed by atoms with Crippen LogP contribution in [-0.4, -0.2) is 38.1 Å². The van der Waals surface area contributed by atoms with Gasteiger partial charge in [-0.3, -0.25) is 0 Å². The molecular formula is C20H40O3. The first-order chi connectivity index (χ1) is 11.4. The minimum absolute atomic E-state index is 0.325. The SMILES string of the molecule is CCCCC/C=C\CCCOCCCOCCCCCCCO. The molecule has 0 aliphatic rings. The van der Waals surface area contributed by atoms with Gasteiger partial charge in [-0.1, -0.05) is 51.2 Å². The number of hydrogen-bond donors (Lipinski definition) is 1. The summed E-state index contributed by atoms with van der Waals surface area (Å²) in [6, 6.07) is 0. The molecule has 0 radical (unpaired) electrons. The Morgan fingerprint density at radius 1 is 0.609 bits per heavy atom. The first kappa shape index (κ1) is 22.6. The van der Waals surface area contributed by atoms with Crippen molar-refractivity contribution in [3.63, 3.8) is 0 Å². The topological polar surface area (TPSA) is 38.7 Å². The molecule has 138 valence electrons. The lowest BCUT2D eigenvalue weighted by molar-refractivity contribution is 0.0803. The Morgan fingerprint density at radius 2 is 1.17 bits per heavy atom. The lowest BCUT2D eigenvalue weighted by atomic mass is 10.1. The highest BCUT2D eigenvalue weighted by atomic mass is 16.5. The number of rotatable bonds is 19. The summed E-state index contributed by atoms with van der Waals surface area (Å²) in [5, 5.41) is 8.67. The van der Waals surface area contributed by atoms with Gasteiger partial charge in [-0.2, -0.15) is 0 Å². The Balaban J connectivity index is 3.00.